The molecule has 42 heavy (non-hydrogen) atoms. The lowest BCUT2D eigenvalue weighted by Gasteiger charge is -2.22. The molecule has 2 aromatic carbocycles. The van der Waals surface area contributed by atoms with Crippen LogP contribution in [-0.2, 0) is 44.9 Å². The third-order valence-electron chi connectivity index (χ3n) is 7.17. The van der Waals surface area contributed by atoms with Crippen molar-refractivity contribution >= 4 is 16.9 Å². The predicted octanol–water partition coefficient (Wildman–Crippen LogP) is 7.75. The first-order valence-corrected chi connectivity index (χ1v) is 14.6. The van der Waals surface area contributed by atoms with E-state index < -0.39 is 6.36 Å². The smallest absolute Gasteiger partial charge is 0.488 e. The summed E-state index contributed by atoms with van der Waals surface area (Å²) in [6.45, 7) is 7.16. The lowest BCUT2D eigenvalue weighted by molar-refractivity contribution is -0.274. The number of hydrogen-bond acceptors (Lipinski definition) is 7. The maximum absolute atomic E-state index is 13.1. The summed E-state index contributed by atoms with van der Waals surface area (Å²) in [5.74, 6) is 0.611. The molecule has 230 valence electrons. The van der Waals surface area contributed by atoms with Crippen molar-refractivity contribution in [2.75, 3.05) is 19.8 Å². The summed E-state index contributed by atoms with van der Waals surface area (Å²) in [7, 11) is 0. The first-order valence-electron chi connectivity index (χ1n) is 14.6. The zero-order valence-electron chi connectivity index (χ0n) is 24.4. The standard InChI is InChI=1S/C32H39F3O7/c1-4-8-27-21(3)28(12-10-22(27)11-13-29(36)37-5-2)40-20-24-19-26(42-32(33,34)35)18-23-17-25(41-31(23)24)14-16-39-30-9-6-7-15-38-30/h10,12,17-19,30H,4-9,11,13-16,20H2,1-3H3. The molecular formula is C32H39F3O7. The Labute approximate surface area is 244 Å². The highest BCUT2D eigenvalue weighted by molar-refractivity contribution is 5.83. The van der Waals surface area contributed by atoms with Crippen LogP contribution in [0.5, 0.6) is 11.5 Å². The average molecular weight is 593 g/mol. The first kappa shape index (κ1) is 31.7. The Kier molecular flexibility index (Phi) is 11.2. The van der Waals surface area contributed by atoms with Gasteiger partial charge in [0.05, 0.1) is 13.2 Å². The number of hydrogen-bond donors (Lipinski definition) is 0. The minimum Gasteiger partial charge on any atom is -0.488 e. The highest BCUT2D eigenvalue weighted by Gasteiger charge is 2.31. The van der Waals surface area contributed by atoms with E-state index in [-0.39, 0.29) is 31.0 Å². The monoisotopic (exact) mass is 592 g/mol. The summed E-state index contributed by atoms with van der Waals surface area (Å²) in [5, 5.41) is 0.483. The van der Waals surface area contributed by atoms with Crippen LogP contribution in [0.3, 0.4) is 0 Å². The number of benzene rings is 2. The van der Waals surface area contributed by atoms with E-state index in [1.54, 1.807) is 13.0 Å². The van der Waals surface area contributed by atoms with Crippen molar-refractivity contribution in [3.05, 3.63) is 58.3 Å². The number of carbonyl (C=O) groups is 1. The zero-order valence-corrected chi connectivity index (χ0v) is 24.4. The normalized spacial score (nSPS) is 15.6. The molecule has 1 saturated heterocycles. The molecule has 1 aromatic heterocycles. The van der Waals surface area contributed by atoms with Crippen LogP contribution in [0, 0.1) is 6.92 Å². The SMILES string of the molecule is CCCc1c(CCC(=O)OCC)ccc(OCc2cc(OC(F)(F)F)cc3cc(CCOC4CCCCO4)oc23)c1C. The Hall–Kier alpha value is -3.24. The molecule has 0 aliphatic carbocycles. The molecule has 1 unspecified atom stereocenters. The van der Waals surface area contributed by atoms with Crippen LogP contribution in [0.25, 0.3) is 11.0 Å². The molecule has 10 heteroatoms. The molecule has 0 N–H and O–H groups in total. The molecule has 2 heterocycles. The van der Waals surface area contributed by atoms with Gasteiger partial charge in [0.1, 0.15) is 29.4 Å². The number of ether oxygens (including phenoxy) is 5. The quantitative estimate of drug-likeness (QED) is 0.177. The molecule has 1 atom stereocenters. The Bertz CT molecular complexity index is 1330. The van der Waals surface area contributed by atoms with Crippen molar-refractivity contribution < 1.29 is 46.1 Å². The maximum Gasteiger partial charge on any atom is 0.573 e. The van der Waals surface area contributed by atoms with E-state index in [4.69, 9.17) is 23.4 Å². The van der Waals surface area contributed by atoms with E-state index in [1.807, 2.05) is 19.1 Å². The number of alkyl halides is 3. The van der Waals surface area contributed by atoms with Gasteiger partial charge in [-0.05, 0) is 86.9 Å². The fraction of sp³-hybridized carbons (Fsp3) is 0.531. The summed E-state index contributed by atoms with van der Waals surface area (Å²) in [6.07, 6.45) is 0.824. The second-order valence-electron chi connectivity index (χ2n) is 10.3. The van der Waals surface area contributed by atoms with E-state index in [1.165, 1.54) is 12.1 Å². The van der Waals surface area contributed by atoms with Gasteiger partial charge in [0.2, 0.25) is 0 Å². The van der Waals surface area contributed by atoms with Crippen LogP contribution in [0.15, 0.2) is 34.7 Å². The van der Waals surface area contributed by atoms with Crippen molar-refractivity contribution in [3.8, 4) is 11.5 Å². The fourth-order valence-corrected chi connectivity index (χ4v) is 5.21. The fourth-order valence-electron chi connectivity index (χ4n) is 5.21. The Morgan fingerprint density at radius 3 is 2.60 bits per heavy atom. The van der Waals surface area contributed by atoms with Crippen LogP contribution < -0.4 is 9.47 Å². The van der Waals surface area contributed by atoms with Crippen LogP contribution >= 0.6 is 0 Å². The van der Waals surface area contributed by atoms with E-state index in [0.29, 0.717) is 60.7 Å². The summed E-state index contributed by atoms with van der Waals surface area (Å²) in [6, 6.07) is 8.09. The minimum absolute atomic E-state index is 0.0283. The predicted molar refractivity (Wildman–Crippen MR) is 151 cm³/mol. The second-order valence-corrected chi connectivity index (χ2v) is 10.3. The number of esters is 1. The van der Waals surface area contributed by atoms with Crippen LogP contribution in [0.4, 0.5) is 13.2 Å². The number of aryl methyl sites for hydroxylation is 1. The minimum atomic E-state index is -4.84. The average Bonchev–Trinajstić information content (AvgIpc) is 3.35. The molecule has 0 radical (unpaired) electrons. The summed E-state index contributed by atoms with van der Waals surface area (Å²) in [4.78, 5) is 11.9. The van der Waals surface area contributed by atoms with Gasteiger partial charge in [-0.2, -0.15) is 0 Å². The van der Waals surface area contributed by atoms with Gasteiger partial charge in [-0.25, -0.2) is 0 Å². The van der Waals surface area contributed by atoms with Crippen molar-refractivity contribution in [2.24, 2.45) is 0 Å². The van der Waals surface area contributed by atoms with E-state index >= 15 is 0 Å². The second kappa shape index (κ2) is 14.8. The number of carbonyl (C=O) groups excluding carboxylic acids is 1. The molecule has 0 spiro atoms. The molecular weight excluding hydrogens is 553 g/mol. The summed E-state index contributed by atoms with van der Waals surface area (Å²) < 4.78 is 72.2. The third-order valence-corrected chi connectivity index (χ3v) is 7.17. The van der Waals surface area contributed by atoms with Gasteiger partial charge in [0, 0.05) is 30.4 Å². The topological polar surface area (TPSA) is 76.4 Å². The number of furan rings is 1. The van der Waals surface area contributed by atoms with Crippen molar-refractivity contribution in [2.45, 2.75) is 91.4 Å². The Morgan fingerprint density at radius 2 is 1.88 bits per heavy atom. The van der Waals surface area contributed by atoms with E-state index in [0.717, 1.165) is 48.8 Å². The van der Waals surface area contributed by atoms with Gasteiger partial charge in [0.25, 0.3) is 0 Å². The van der Waals surface area contributed by atoms with Gasteiger partial charge in [-0.3, -0.25) is 4.79 Å². The van der Waals surface area contributed by atoms with Crippen molar-refractivity contribution in [3.63, 3.8) is 0 Å². The van der Waals surface area contributed by atoms with E-state index in [9.17, 15) is 18.0 Å². The lowest BCUT2D eigenvalue weighted by Crippen LogP contribution is -2.23. The highest BCUT2D eigenvalue weighted by Crippen LogP contribution is 2.34. The number of halogens is 3. The van der Waals surface area contributed by atoms with Gasteiger partial charge in [0.15, 0.2) is 6.29 Å². The summed E-state index contributed by atoms with van der Waals surface area (Å²) >= 11 is 0. The molecule has 0 saturated carbocycles. The largest absolute Gasteiger partial charge is 0.573 e. The third kappa shape index (κ3) is 8.88. The Morgan fingerprint density at radius 1 is 1.05 bits per heavy atom. The van der Waals surface area contributed by atoms with Gasteiger partial charge in [-0.15, -0.1) is 13.2 Å². The molecule has 7 nitrogen and oxygen atoms in total. The lowest BCUT2D eigenvalue weighted by atomic mass is 9.94. The molecule has 0 bridgehead atoms. The van der Waals surface area contributed by atoms with Gasteiger partial charge >= 0.3 is 12.3 Å². The van der Waals surface area contributed by atoms with E-state index in [2.05, 4.69) is 11.7 Å². The molecule has 4 rings (SSSR count). The number of fused-ring (bicyclic) bond motifs is 1. The zero-order chi connectivity index (χ0) is 30.1. The maximum atomic E-state index is 13.1. The molecule has 1 fully saturated rings. The van der Waals surface area contributed by atoms with Gasteiger partial charge in [-0.1, -0.05) is 19.4 Å². The number of rotatable bonds is 14. The van der Waals surface area contributed by atoms with Crippen LogP contribution in [0.1, 0.15) is 74.0 Å². The van der Waals surface area contributed by atoms with Crippen LogP contribution in [-0.4, -0.2) is 38.4 Å². The molecule has 0 amide bonds. The Balaban J connectivity index is 1.53. The molecule has 1 aliphatic rings. The summed E-state index contributed by atoms with van der Waals surface area (Å²) in [5.41, 5.74) is 3.94. The van der Waals surface area contributed by atoms with Crippen molar-refractivity contribution in [1.29, 1.82) is 0 Å². The van der Waals surface area contributed by atoms with Crippen LogP contribution in [0.2, 0.25) is 0 Å². The van der Waals surface area contributed by atoms with Crippen molar-refractivity contribution in [1.82, 2.24) is 0 Å². The van der Waals surface area contributed by atoms with Gasteiger partial charge < -0.3 is 28.1 Å². The first-order chi connectivity index (χ1) is 20.2. The molecule has 3 aromatic rings. The highest BCUT2D eigenvalue weighted by atomic mass is 19.4. The molecule has 1 aliphatic heterocycles.